The summed E-state index contributed by atoms with van der Waals surface area (Å²) in [4.78, 5) is 25.6. The first-order chi connectivity index (χ1) is 10.2. The molecule has 1 N–H and O–H groups in total. The van der Waals surface area contributed by atoms with Gasteiger partial charge in [-0.05, 0) is 18.2 Å². The third-order valence-corrected chi connectivity index (χ3v) is 3.11. The molecular weight excluding hydrogens is 284 g/mol. The standard InChI is InChI=1S/C16H14N2O2S/c1-2-3-9-14-13(11-21)17-15(19)10-16(20)18(14)12-7-5-4-6-8-12/h2-9,11H,1,10H2,(H,17,19)/b9-3-. The van der Waals surface area contributed by atoms with Gasteiger partial charge in [0.25, 0.3) is 0 Å². The fraction of sp³-hybridized carbons (Fsp3) is 0.0625. The van der Waals surface area contributed by atoms with Gasteiger partial charge in [-0.1, -0.05) is 49.1 Å². The molecule has 1 heterocycles. The van der Waals surface area contributed by atoms with E-state index in [1.54, 1.807) is 30.4 Å². The van der Waals surface area contributed by atoms with Gasteiger partial charge in [-0.25, -0.2) is 0 Å². The van der Waals surface area contributed by atoms with Crippen LogP contribution in [-0.4, -0.2) is 17.2 Å². The number of hydrogen-bond donors (Lipinski definition) is 1. The zero-order chi connectivity index (χ0) is 15.2. The molecule has 1 aliphatic rings. The van der Waals surface area contributed by atoms with Crippen LogP contribution in [0.4, 0.5) is 5.69 Å². The molecule has 106 valence electrons. The monoisotopic (exact) mass is 298 g/mol. The molecule has 5 heteroatoms. The first kappa shape index (κ1) is 14.9. The fourth-order valence-electron chi connectivity index (χ4n) is 2.00. The van der Waals surface area contributed by atoms with Crippen molar-refractivity contribution in [2.24, 2.45) is 0 Å². The summed E-state index contributed by atoms with van der Waals surface area (Å²) in [6.07, 6.45) is 4.75. The Labute approximate surface area is 128 Å². The smallest absolute Gasteiger partial charge is 0.241 e. The van der Waals surface area contributed by atoms with Gasteiger partial charge in [0, 0.05) is 11.1 Å². The van der Waals surface area contributed by atoms with Gasteiger partial charge in [0.15, 0.2) is 0 Å². The minimum atomic E-state index is -0.376. The number of allylic oxidation sites excluding steroid dienone is 4. The van der Waals surface area contributed by atoms with E-state index >= 15 is 0 Å². The lowest BCUT2D eigenvalue weighted by atomic mass is 10.2. The summed E-state index contributed by atoms with van der Waals surface area (Å²) in [5.74, 6) is -0.687. The number of carbonyl (C=O) groups is 2. The largest absolute Gasteiger partial charge is 0.323 e. The van der Waals surface area contributed by atoms with Crippen molar-refractivity contribution in [1.82, 2.24) is 5.32 Å². The lowest BCUT2D eigenvalue weighted by Crippen LogP contribution is -2.29. The van der Waals surface area contributed by atoms with E-state index in [1.165, 1.54) is 10.3 Å². The Kier molecular flexibility index (Phi) is 4.79. The number of thiocarbonyl (C=S) groups is 1. The second kappa shape index (κ2) is 6.76. The maximum Gasteiger partial charge on any atom is 0.241 e. The van der Waals surface area contributed by atoms with Crippen molar-refractivity contribution < 1.29 is 9.59 Å². The first-order valence-corrected chi connectivity index (χ1v) is 6.81. The molecule has 0 bridgehead atoms. The van der Waals surface area contributed by atoms with E-state index in [0.717, 1.165) is 0 Å². The molecule has 1 aromatic carbocycles. The van der Waals surface area contributed by atoms with Crippen molar-refractivity contribution in [3.8, 4) is 0 Å². The zero-order valence-electron chi connectivity index (χ0n) is 11.3. The highest BCUT2D eigenvalue weighted by atomic mass is 32.1. The molecule has 0 unspecified atom stereocenters. The highest BCUT2D eigenvalue weighted by Gasteiger charge is 2.27. The number of hydrogen-bond acceptors (Lipinski definition) is 3. The zero-order valence-corrected chi connectivity index (χ0v) is 12.1. The Morgan fingerprint density at radius 2 is 1.95 bits per heavy atom. The summed E-state index contributed by atoms with van der Waals surface area (Å²) in [6, 6.07) is 9.12. The van der Waals surface area contributed by atoms with Crippen LogP contribution in [0.3, 0.4) is 0 Å². The molecule has 21 heavy (non-hydrogen) atoms. The van der Waals surface area contributed by atoms with Crippen molar-refractivity contribution in [3.05, 3.63) is 66.5 Å². The lowest BCUT2D eigenvalue weighted by molar-refractivity contribution is -0.126. The topological polar surface area (TPSA) is 49.4 Å². The van der Waals surface area contributed by atoms with Gasteiger partial charge in [0.2, 0.25) is 11.8 Å². The molecule has 0 aromatic heterocycles. The van der Waals surface area contributed by atoms with Crippen molar-refractivity contribution in [2.75, 3.05) is 4.90 Å². The molecule has 0 saturated heterocycles. The van der Waals surface area contributed by atoms with E-state index in [-0.39, 0.29) is 18.2 Å². The Balaban J connectivity index is 2.62. The second-order valence-corrected chi connectivity index (χ2v) is 4.54. The molecule has 1 aromatic rings. The highest BCUT2D eigenvalue weighted by Crippen LogP contribution is 2.24. The molecule has 0 spiro atoms. The first-order valence-electron chi connectivity index (χ1n) is 6.33. The van der Waals surface area contributed by atoms with E-state index in [4.69, 9.17) is 12.2 Å². The summed E-state index contributed by atoms with van der Waals surface area (Å²) in [5, 5.41) is 4.01. The summed E-state index contributed by atoms with van der Waals surface area (Å²) >= 11 is 4.96. The average molecular weight is 298 g/mol. The Bertz CT molecular complexity index is 648. The molecule has 2 rings (SSSR count). The van der Waals surface area contributed by atoms with Crippen LogP contribution in [0.15, 0.2) is 66.5 Å². The van der Waals surface area contributed by atoms with Crippen LogP contribution in [0.2, 0.25) is 0 Å². The van der Waals surface area contributed by atoms with Crippen LogP contribution in [0, 0.1) is 0 Å². The quantitative estimate of drug-likeness (QED) is 0.528. The average Bonchev–Trinajstić information content (AvgIpc) is 2.61. The van der Waals surface area contributed by atoms with Crippen LogP contribution >= 0.6 is 12.2 Å². The number of para-hydroxylation sites is 1. The van der Waals surface area contributed by atoms with Gasteiger partial charge < -0.3 is 5.32 Å². The number of rotatable bonds is 4. The van der Waals surface area contributed by atoms with Crippen molar-refractivity contribution in [3.63, 3.8) is 0 Å². The van der Waals surface area contributed by atoms with E-state index < -0.39 is 0 Å². The Hall–Kier alpha value is -2.53. The van der Waals surface area contributed by atoms with Crippen LogP contribution < -0.4 is 10.2 Å². The van der Waals surface area contributed by atoms with E-state index in [0.29, 0.717) is 17.1 Å². The minimum absolute atomic E-state index is 0.229. The third-order valence-electron chi connectivity index (χ3n) is 2.87. The molecule has 4 nitrogen and oxygen atoms in total. The summed E-state index contributed by atoms with van der Waals surface area (Å²) in [5.41, 5.74) is 1.62. The van der Waals surface area contributed by atoms with Crippen molar-refractivity contribution in [1.29, 1.82) is 0 Å². The predicted octanol–water partition coefficient (Wildman–Crippen LogP) is 2.49. The molecule has 0 radical (unpaired) electrons. The van der Waals surface area contributed by atoms with E-state index in [9.17, 15) is 9.59 Å². The summed E-state index contributed by atoms with van der Waals surface area (Å²) < 4.78 is 0. The molecule has 0 atom stereocenters. The van der Waals surface area contributed by atoms with Crippen molar-refractivity contribution in [2.45, 2.75) is 6.42 Å². The molecule has 2 amide bonds. The van der Waals surface area contributed by atoms with Crippen LogP contribution in [0.25, 0.3) is 0 Å². The van der Waals surface area contributed by atoms with Crippen LogP contribution in [0.5, 0.6) is 0 Å². The number of nitrogens with one attached hydrogen (secondary N) is 1. The van der Waals surface area contributed by atoms with Crippen molar-refractivity contribution >= 4 is 35.1 Å². The molecule has 1 aliphatic heterocycles. The molecular formula is C16H14N2O2S. The van der Waals surface area contributed by atoms with Crippen LogP contribution in [0.1, 0.15) is 6.42 Å². The number of amides is 2. The number of nitrogens with zero attached hydrogens (tertiary/aromatic N) is 1. The maximum absolute atomic E-state index is 12.4. The van der Waals surface area contributed by atoms with E-state index in [2.05, 4.69) is 11.9 Å². The van der Waals surface area contributed by atoms with E-state index in [1.807, 2.05) is 18.2 Å². The molecule has 0 saturated carbocycles. The SMILES string of the molecule is C=C/C=C\C1=C(C=S)NC(=O)CC(=O)N1c1ccccc1. The summed E-state index contributed by atoms with van der Waals surface area (Å²) in [7, 11) is 0. The fourth-order valence-corrected chi connectivity index (χ4v) is 2.18. The Morgan fingerprint density at radius 3 is 2.57 bits per heavy atom. The third kappa shape index (κ3) is 3.32. The van der Waals surface area contributed by atoms with Gasteiger partial charge in [-0.2, -0.15) is 0 Å². The van der Waals surface area contributed by atoms with Gasteiger partial charge in [-0.15, -0.1) is 0 Å². The number of benzene rings is 1. The van der Waals surface area contributed by atoms with Gasteiger partial charge >= 0.3 is 0 Å². The van der Waals surface area contributed by atoms with Gasteiger partial charge in [-0.3, -0.25) is 14.5 Å². The van der Waals surface area contributed by atoms with Gasteiger partial charge in [0.05, 0.1) is 11.4 Å². The molecule has 0 aliphatic carbocycles. The number of anilines is 1. The molecule has 0 fully saturated rings. The number of carbonyl (C=O) groups excluding carboxylic acids is 2. The highest BCUT2D eigenvalue weighted by molar-refractivity contribution is 7.79. The minimum Gasteiger partial charge on any atom is -0.323 e. The maximum atomic E-state index is 12.4. The van der Waals surface area contributed by atoms with Crippen LogP contribution in [-0.2, 0) is 9.59 Å². The van der Waals surface area contributed by atoms with Gasteiger partial charge in [0.1, 0.15) is 6.42 Å². The Morgan fingerprint density at radius 1 is 1.24 bits per heavy atom. The predicted molar refractivity (Wildman–Crippen MR) is 86.7 cm³/mol. The summed E-state index contributed by atoms with van der Waals surface area (Å²) in [6.45, 7) is 3.61. The lowest BCUT2D eigenvalue weighted by Gasteiger charge is -2.22. The normalized spacial score (nSPS) is 15.9. The second-order valence-electron chi connectivity index (χ2n) is 4.30.